The van der Waals surface area contributed by atoms with Crippen molar-refractivity contribution in [2.75, 3.05) is 36.5 Å². The van der Waals surface area contributed by atoms with Crippen molar-refractivity contribution < 1.29 is 9.84 Å². The minimum absolute atomic E-state index is 0.0411. The van der Waals surface area contributed by atoms with E-state index < -0.39 is 0 Å². The van der Waals surface area contributed by atoms with Gasteiger partial charge in [0.15, 0.2) is 11.5 Å². The Labute approximate surface area is 186 Å². The Kier molecular flexibility index (Phi) is 4.60. The number of aliphatic hydroxyl groups excluding tert-OH is 1. The summed E-state index contributed by atoms with van der Waals surface area (Å²) < 4.78 is 7.70. The third-order valence-electron chi connectivity index (χ3n) is 7.58. The second-order valence-electron chi connectivity index (χ2n) is 9.29. The molecular weight excluding hydrogens is 406 g/mol. The van der Waals surface area contributed by atoms with Crippen molar-refractivity contribution in [1.29, 1.82) is 0 Å². The summed E-state index contributed by atoms with van der Waals surface area (Å²) in [6.07, 6.45) is 4.72. The zero-order valence-corrected chi connectivity index (χ0v) is 18.3. The summed E-state index contributed by atoms with van der Waals surface area (Å²) in [5.41, 5.74) is 11.9. The van der Waals surface area contributed by atoms with Gasteiger partial charge in [0, 0.05) is 42.3 Å². The number of fused-ring (bicyclic) bond motifs is 2. The average Bonchev–Trinajstić information content (AvgIpc) is 3.53. The zero-order chi connectivity index (χ0) is 21.9. The van der Waals surface area contributed by atoms with Gasteiger partial charge < -0.3 is 25.8 Å². The van der Waals surface area contributed by atoms with Gasteiger partial charge in [0.2, 0.25) is 0 Å². The summed E-state index contributed by atoms with van der Waals surface area (Å²) in [5, 5.41) is 18.2. The Morgan fingerprint density at radius 3 is 2.88 bits per heavy atom. The van der Waals surface area contributed by atoms with E-state index in [0.717, 1.165) is 68.2 Å². The van der Waals surface area contributed by atoms with Crippen molar-refractivity contribution in [3.63, 3.8) is 0 Å². The second kappa shape index (κ2) is 7.40. The Bertz CT molecular complexity index is 1170. The van der Waals surface area contributed by atoms with Gasteiger partial charge in [0.05, 0.1) is 31.2 Å². The summed E-state index contributed by atoms with van der Waals surface area (Å²) in [7, 11) is 0. The van der Waals surface area contributed by atoms with Crippen molar-refractivity contribution in [3.05, 3.63) is 35.7 Å². The number of hydrogen-bond donors (Lipinski definition) is 3. The molecule has 3 aromatic rings. The van der Waals surface area contributed by atoms with Crippen LogP contribution >= 0.6 is 0 Å². The summed E-state index contributed by atoms with van der Waals surface area (Å²) in [4.78, 5) is 11.9. The number of benzene rings is 1. The van der Waals surface area contributed by atoms with Crippen molar-refractivity contribution >= 4 is 22.7 Å². The number of aliphatic hydroxyl groups is 1. The molecule has 4 N–H and O–H groups in total. The number of piperidine rings is 1. The molecule has 9 nitrogen and oxygen atoms in total. The zero-order valence-electron chi connectivity index (χ0n) is 18.3. The van der Waals surface area contributed by atoms with Crippen LogP contribution in [0.2, 0.25) is 0 Å². The maximum Gasteiger partial charge on any atom is 0.182 e. The highest BCUT2D eigenvalue weighted by Crippen LogP contribution is 2.42. The van der Waals surface area contributed by atoms with Crippen LogP contribution in [0, 0.1) is 5.41 Å². The molecule has 0 aliphatic carbocycles. The van der Waals surface area contributed by atoms with Gasteiger partial charge in [-0.15, -0.1) is 0 Å². The van der Waals surface area contributed by atoms with Crippen LogP contribution in [0.5, 0.6) is 0 Å². The Balaban J connectivity index is 1.34. The Morgan fingerprint density at radius 2 is 2.12 bits per heavy atom. The molecule has 2 saturated heterocycles. The molecule has 0 radical (unpaired) electrons. The van der Waals surface area contributed by atoms with Gasteiger partial charge in [0.25, 0.3) is 0 Å². The molecule has 0 unspecified atom stereocenters. The fourth-order valence-corrected chi connectivity index (χ4v) is 5.57. The van der Waals surface area contributed by atoms with E-state index in [-0.39, 0.29) is 24.2 Å². The molecule has 0 bridgehead atoms. The van der Waals surface area contributed by atoms with Gasteiger partial charge >= 0.3 is 0 Å². The molecule has 0 amide bonds. The summed E-state index contributed by atoms with van der Waals surface area (Å²) in [6, 6.07) is 6.24. The van der Waals surface area contributed by atoms with Crippen LogP contribution in [0.15, 0.2) is 24.4 Å². The van der Waals surface area contributed by atoms with Crippen LogP contribution in [0.4, 0.5) is 11.5 Å². The molecule has 168 valence electrons. The predicted octanol–water partition coefficient (Wildman–Crippen LogP) is 1.61. The fraction of sp³-hybridized carbons (Fsp3) is 0.522. The van der Waals surface area contributed by atoms with E-state index in [1.165, 1.54) is 5.56 Å². The number of aromatic nitrogens is 4. The van der Waals surface area contributed by atoms with E-state index in [9.17, 15) is 5.11 Å². The molecule has 0 saturated carbocycles. The minimum atomic E-state index is -0.167. The lowest BCUT2D eigenvalue weighted by Gasteiger charge is -2.41. The Morgan fingerprint density at radius 1 is 1.28 bits per heavy atom. The van der Waals surface area contributed by atoms with Gasteiger partial charge in [-0.05, 0) is 38.3 Å². The molecule has 3 aliphatic rings. The summed E-state index contributed by atoms with van der Waals surface area (Å²) in [5.74, 6) is 0.745. The number of nitrogens with zero attached hydrogens (tertiary/aromatic N) is 5. The first-order valence-corrected chi connectivity index (χ1v) is 11.4. The molecule has 2 fully saturated rings. The first kappa shape index (κ1) is 19.9. The molecular formula is C23H29N7O2. The van der Waals surface area contributed by atoms with Crippen molar-refractivity contribution in [1.82, 2.24) is 19.7 Å². The smallest absolute Gasteiger partial charge is 0.182 e. The van der Waals surface area contributed by atoms with Crippen LogP contribution in [0.3, 0.4) is 0 Å². The van der Waals surface area contributed by atoms with E-state index in [1.54, 1.807) is 6.20 Å². The van der Waals surface area contributed by atoms with Crippen LogP contribution in [0.1, 0.15) is 31.0 Å². The van der Waals surface area contributed by atoms with Gasteiger partial charge in [-0.2, -0.15) is 5.10 Å². The molecule has 1 spiro atoms. The first-order valence-electron chi connectivity index (χ1n) is 11.4. The molecule has 6 rings (SSSR count). The van der Waals surface area contributed by atoms with E-state index >= 15 is 0 Å². The van der Waals surface area contributed by atoms with Crippen LogP contribution < -0.4 is 16.0 Å². The second-order valence-corrected chi connectivity index (χ2v) is 9.29. The number of hydrogen-bond acceptors (Lipinski definition) is 8. The molecule has 2 aromatic heterocycles. The maximum absolute atomic E-state index is 10.1. The van der Waals surface area contributed by atoms with Gasteiger partial charge in [-0.3, -0.25) is 0 Å². The van der Waals surface area contributed by atoms with Gasteiger partial charge in [-0.1, -0.05) is 6.07 Å². The number of nitrogens with two attached hydrogens (primary N) is 1. The monoisotopic (exact) mass is 435 g/mol. The van der Waals surface area contributed by atoms with Crippen LogP contribution in [-0.2, 0) is 17.8 Å². The van der Waals surface area contributed by atoms with Crippen LogP contribution in [0.25, 0.3) is 16.9 Å². The molecule has 5 heterocycles. The van der Waals surface area contributed by atoms with E-state index in [1.807, 2.05) is 10.7 Å². The van der Waals surface area contributed by atoms with Crippen LogP contribution in [-0.4, -0.2) is 63.2 Å². The lowest BCUT2D eigenvalue weighted by Crippen LogP contribution is -2.51. The molecule has 9 heteroatoms. The number of ether oxygens (including phenoxy) is 1. The average molecular weight is 436 g/mol. The third kappa shape index (κ3) is 2.92. The largest absolute Gasteiger partial charge is 0.390 e. The first-order chi connectivity index (χ1) is 15.6. The lowest BCUT2D eigenvalue weighted by atomic mass is 9.73. The standard InChI is InChI=1S/C23H29N7O2/c1-14-20(24)23(13-32-14)6-9-29(10-7-23)21-18(12-31)28-22-17(27-21)11-26-30(22)19-4-2-3-16-15(19)5-8-25-16/h2-4,11,14,20,25,31H,5-10,12-13,24H2,1H3/t14-,20+/m0/s1. The quantitative estimate of drug-likeness (QED) is 0.569. The predicted molar refractivity (Wildman–Crippen MR) is 122 cm³/mol. The highest BCUT2D eigenvalue weighted by Gasteiger charge is 2.47. The topological polar surface area (TPSA) is 114 Å². The fourth-order valence-electron chi connectivity index (χ4n) is 5.57. The van der Waals surface area contributed by atoms with Crippen molar-refractivity contribution in [2.45, 2.75) is 44.9 Å². The normalized spacial score (nSPS) is 24.3. The summed E-state index contributed by atoms with van der Waals surface area (Å²) >= 11 is 0. The van der Waals surface area contributed by atoms with E-state index in [0.29, 0.717) is 11.3 Å². The molecule has 32 heavy (non-hydrogen) atoms. The van der Waals surface area contributed by atoms with Gasteiger partial charge in [0.1, 0.15) is 11.2 Å². The van der Waals surface area contributed by atoms with E-state index in [2.05, 4.69) is 34.4 Å². The highest BCUT2D eigenvalue weighted by atomic mass is 16.5. The Hall–Kier alpha value is -2.75. The SMILES string of the molecule is C[C@@H]1OCC2(CCN(c3nc4cnn(-c5cccc6c5CCN6)c4nc3CO)CC2)[C@@H]1N. The highest BCUT2D eigenvalue weighted by molar-refractivity contribution is 5.76. The van der Waals surface area contributed by atoms with E-state index in [4.69, 9.17) is 20.4 Å². The molecule has 1 aromatic carbocycles. The summed E-state index contributed by atoms with van der Waals surface area (Å²) in [6.45, 7) is 5.19. The minimum Gasteiger partial charge on any atom is -0.390 e. The number of anilines is 2. The van der Waals surface area contributed by atoms with Crippen molar-refractivity contribution in [2.24, 2.45) is 11.1 Å². The number of nitrogens with one attached hydrogen (secondary N) is 1. The molecule has 3 aliphatic heterocycles. The van der Waals surface area contributed by atoms with Gasteiger partial charge in [-0.25, -0.2) is 14.6 Å². The van der Waals surface area contributed by atoms with Crippen molar-refractivity contribution in [3.8, 4) is 5.69 Å². The lowest BCUT2D eigenvalue weighted by molar-refractivity contribution is 0.0973. The maximum atomic E-state index is 10.1. The third-order valence-corrected chi connectivity index (χ3v) is 7.58. The number of rotatable bonds is 3. The molecule has 2 atom stereocenters.